The maximum atomic E-state index is 11.8. The van der Waals surface area contributed by atoms with Crippen molar-refractivity contribution in [2.75, 3.05) is 19.8 Å². The van der Waals surface area contributed by atoms with E-state index in [2.05, 4.69) is 24.3 Å². The predicted octanol–water partition coefficient (Wildman–Crippen LogP) is 0.938. The Morgan fingerprint density at radius 3 is 2.61 bits per heavy atom. The van der Waals surface area contributed by atoms with Crippen molar-refractivity contribution in [3.8, 4) is 0 Å². The van der Waals surface area contributed by atoms with Crippen LogP contribution in [-0.2, 0) is 9.53 Å². The second kappa shape index (κ2) is 7.92. The fourth-order valence-corrected chi connectivity index (χ4v) is 1.16. The monoisotopic (exact) mass is 259 g/mol. The van der Waals surface area contributed by atoms with Crippen molar-refractivity contribution in [1.82, 2.24) is 5.32 Å². The maximum Gasteiger partial charge on any atom is 0.233 e. The van der Waals surface area contributed by atoms with E-state index in [0.29, 0.717) is 19.1 Å². The van der Waals surface area contributed by atoms with Gasteiger partial charge in [0.1, 0.15) is 5.41 Å². The van der Waals surface area contributed by atoms with Gasteiger partial charge in [-0.05, 0) is 26.2 Å². The molecule has 0 unspecified atom stereocenters. The zero-order valence-corrected chi connectivity index (χ0v) is 11.7. The first-order valence-corrected chi connectivity index (χ1v) is 6.16. The Morgan fingerprint density at radius 1 is 1.50 bits per heavy atom. The molecule has 0 bridgehead atoms. The van der Waals surface area contributed by atoms with Gasteiger partial charge in [0, 0.05) is 19.8 Å². The fourth-order valence-electron chi connectivity index (χ4n) is 1.16. The van der Waals surface area contributed by atoms with E-state index in [-0.39, 0.29) is 11.7 Å². The quantitative estimate of drug-likeness (QED) is 0.199. The fraction of sp³-hybridized carbons (Fsp3) is 0.833. The first-order chi connectivity index (χ1) is 8.32. The lowest BCUT2D eigenvalue weighted by Crippen LogP contribution is -2.46. The Morgan fingerprint density at radius 2 is 2.11 bits per heavy atom. The summed E-state index contributed by atoms with van der Waals surface area (Å²) in [7, 11) is 0. The van der Waals surface area contributed by atoms with Crippen molar-refractivity contribution >= 4 is 11.7 Å². The standard InChI is InChI=1S/C12H25N3O3/c1-9(2)8-18-7-5-6-14-11(16)12(3,4)10(13)15-17/h9,17H,5-8H2,1-4H3,(H2,13,15)(H,14,16). The molecule has 1 amide bonds. The highest BCUT2D eigenvalue weighted by Crippen LogP contribution is 2.14. The summed E-state index contributed by atoms with van der Waals surface area (Å²) in [6, 6.07) is 0. The van der Waals surface area contributed by atoms with Gasteiger partial charge >= 0.3 is 0 Å². The Hall–Kier alpha value is -1.30. The normalized spacial score (nSPS) is 12.8. The molecule has 0 aliphatic carbocycles. The molecule has 0 aromatic heterocycles. The molecule has 0 rings (SSSR count). The molecule has 0 aromatic carbocycles. The minimum Gasteiger partial charge on any atom is -0.409 e. The summed E-state index contributed by atoms with van der Waals surface area (Å²) in [5.74, 6) is 0.150. The molecule has 0 aliphatic rings. The minimum atomic E-state index is -1.01. The van der Waals surface area contributed by atoms with Gasteiger partial charge in [0.25, 0.3) is 0 Å². The zero-order valence-electron chi connectivity index (χ0n) is 11.7. The van der Waals surface area contributed by atoms with E-state index < -0.39 is 5.41 Å². The van der Waals surface area contributed by atoms with Crippen molar-refractivity contribution in [2.24, 2.45) is 22.2 Å². The molecule has 0 atom stereocenters. The highest BCUT2D eigenvalue weighted by atomic mass is 16.5. The summed E-state index contributed by atoms with van der Waals surface area (Å²) in [5, 5.41) is 14.2. The number of carbonyl (C=O) groups excluding carboxylic acids is 1. The van der Waals surface area contributed by atoms with Crippen LogP contribution < -0.4 is 11.1 Å². The zero-order chi connectivity index (χ0) is 14.2. The molecule has 0 aliphatic heterocycles. The van der Waals surface area contributed by atoms with Gasteiger partial charge in [-0.1, -0.05) is 19.0 Å². The summed E-state index contributed by atoms with van der Waals surface area (Å²) in [6.07, 6.45) is 0.741. The van der Waals surface area contributed by atoms with Crippen LogP contribution in [0.4, 0.5) is 0 Å². The van der Waals surface area contributed by atoms with Gasteiger partial charge in [0.2, 0.25) is 5.91 Å². The number of hydrogen-bond donors (Lipinski definition) is 3. The molecule has 4 N–H and O–H groups in total. The topological polar surface area (TPSA) is 96.9 Å². The minimum absolute atomic E-state index is 0.101. The number of hydrogen-bond acceptors (Lipinski definition) is 4. The molecule has 0 radical (unpaired) electrons. The summed E-state index contributed by atoms with van der Waals surface area (Å²) >= 11 is 0. The van der Waals surface area contributed by atoms with Crippen LogP contribution in [-0.4, -0.2) is 36.7 Å². The molecular formula is C12H25N3O3. The van der Waals surface area contributed by atoms with Crippen LogP contribution in [0.15, 0.2) is 5.16 Å². The second-order valence-corrected chi connectivity index (χ2v) is 5.19. The summed E-state index contributed by atoms with van der Waals surface area (Å²) < 4.78 is 5.39. The van der Waals surface area contributed by atoms with Crippen LogP contribution >= 0.6 is 0 Å². The first kappa shape index (κ1) is 16.7. The van der Waals surface area contributed by atoms with Crippen LogP contribution in [0.3, 0.4) is 0 Å². The molecular weight excluding hydrogens is 234 g/mol. The Kier molecular flexibility index (Phi) is 7.35. The number of nitrogens with two attached hydrogens (primary N) is 1. The van der Waals surface area contributed by atoms with Gasteiger partial charge in [-0.25, -0.2) is 0 Å². The average Bonchev–Trinajstić information content (AvgIpc) is 2.31. The third-order valence-corrected chi connectivity index (χ3v) is 2.52. The summed E-state index contributed by atoms with van der Waals surface area (Å²) in [4.78, 5) is 11.8. The Bertz CT molecular complexity index is 288. The summed E-state index contributed by atoms with van der Waals surface area (Å²) in [5.41, 5.74) is 4.44. The molecule has 106 valence electrons. The van der Waals surface area contributed by atoms with E-state index in [4.69, 9.17) is 15.7 Å². The van der Waals surface area contributed by atoms with E-state index >= 15 is 0 Å². The number of amides is 1. The SMILES string of the molecule is CC(C)COCCCNC(=O)C(C)(C)C(N)=NO. The second-order valence-electron chi connectivity index (χ2n) is 5.19. The highest BCUT2D eigenvalue weighted by molar-refractivity contribution is 6.05. The Labute approximate surface area is 109 Å². The number of amidine groups is 1. The van der Waals surface area contributed by atoms with Crippen LogP contribution in [0, 0.1) is 11.3 Å². The lowest BCUT2D eigenvalue weighted by Gasteiger charge is -2.21. The van der Waals surface area contributed by atoms with Crippen molar-refractivity contribution in [3.63, 3.8) is 0 Å². The lowest BCUT2D eigenvalue weighted by molar-refractivity contribution is -0.126. The van der Waals surface area contributed by atoms with Crippen molar-refractivity contribution in [1.29, 1.82) is 0 Å². The third kappa shape index (κ3) is 5.86. The molecule has 0 heterocycles. The van der Waals surface area contributed by atoms with Gasteiger partial charge in [-0.15, -0.1) is 0 Å². The van der Waals surface area contributed by atoms with Crippen molar-refractivity contribution < 1.29 is 14.7 Å². The maximum absolute atomic E-state index is 11.8. The van der Waals surface area contributed by atoms with Crippen LogP contribution in [0.25, 0.3) is 0 Å². The molecule has 0 saturated heterocycles. The smallest absolute Gasteiger partial charge is 0.233 e. The van der Waals surface area contributed by atoms with E-state index in [1.807, 2.05) is 0 Å². The van der Waals surface area contributed by atoms with Crippen LogP contribution in [0.5, 0.6) is 0 Å². The van der Waals surface area contributed by atoms with E-state index in [9.17, 15) is 4.79 Å². The third-order valence-electron chi connectivity index (χ3n) is 2.52. The molecule has 0 spiro atoms. The first-order valence-electron chi connectivity index (χ1n) is 6.16. The largest absolute Gasteiger partial charge is 0.409 e. The highest BCUT2D eigenvalue weighted by Gasteiger charge is 2.32. The van der Waals surface area contributed by atoms with E-state index in [1.54, 1.807) is 13.8 Å². The van der Waals surface area contributed by atoms with E-state index in [0.717, 1.165) is 13.0 Å². The van der Waals surface area contributed by atoms with Gasteiger partial charge in [-0.3, -0.25) is 4.79 Å². The van der Waals surface area contributed by atoms with Crippen LogP contribution in [0.2, 0.25) is 0 Å². The predicted molar refractivity (Wildman–Crippen MR) is 70.5 cm³/mol. The molecule has 0 aromatic rings. The number of nitrogens with zero attached hydrogens (tertiary/aromatic N) is 1. The molecule has 6 heteroatoms. The number of ether oxygens (including phenoxy) is 1. The van der Waals surface area contributed by atoms with Crippen LogP contribution in [0.1, 0.15) is 34.1 Å². The van der Waals surface area contributed by atoms with Gasteiger partial charge in [0.05, 0.1) is 0 Å². The van der Waals surface area contributed by atoms with Gasteiger partial charge in [0.15, 0.2) is 5.84 Å². The molecule has 6 nitrogen and oxygen atoms in total. The Balaban J connectivity index is 3.84. The van der Waals surface area contributed by atoms with E-state index in [1.165, 1.54) is 0 Å². The number of oxime groups is 1. The lowest BCUT2D eigenvalue weighted by atomic mass is 9.91. The number of nitrogens with one attached hydrogen (secondary N) is 1. The molecule has 0 saturated carbocycles. The number of carbonyl (C=O) groups is 1. The van der Waals surface area contributed by atoms with Crippen molar-refractivity contribution in [2.45, 2.75) is 34.1 Å². The van der Waals surface area contributed by atoms with Crippen molar-refractivity contribution in [3.05, 3.63) is 0 Å². The van der Waals surface area contributed by atoms with Gasteiger partial charge < -0.3 is 21.0 Å². The average molecular weight is 259 g/mol. The van der Waals surface area contributed by atoms with Gasteiger partial charge in [-0.2, -0.15) is 0 Å². The number of rotatable bonds is 8. The summed E-state index contributed by atoms with van der Waals surface area (Å²) in [6.45, 7) is 9.23. The molecule has 0 fully saturated rings. The molecule has 18 heavy (non-hydrogen) atoms.